The topological polar surface area (TPSA) is 12.4 Å². The van der Waals surface area contributed by atoms with Gasteiger partial charge in [-0.15, -0.1) is 0 Å². The first-order chi connectivity index (χ1) is 9.83. The molecule has 2 aromatic rings. The van der Waals surface area contributed by atoms with Gasteiger partial charge in [-0.25, -0.2) is 0 Å². The fraction of sp³-hybridized carbons (Fsp3) is 0.211. The minimum Gasteiger partial charge on any atom is -0.288 e. The average Bonchev–Trinajstić information content (AvgIpc) is 2.83. The van der Waals surface area contributed by atoms with Gasteiger partial charge < -0.3 is 0 Å². The van der Waals surface area contributed by atoms with Gasteiger partial charge in [-0.2, -0.15) is 0 Å². The van der Waals surface area contributed by atoms with Crippen molar-refractivity contribution in [3.63, 3.8) is 0 Å². The highest BCUT2D eigenvalue weighted by molar-refractivity contribution is 6.06. The summed E-state index contributed by atoms with van der Waals surface area (Å²) in [4.78, 5) is 4.74. The lowest BCUT2D eigenvalue weighted by molar-refractivity contribution is 0.758. The van der Waals surface area contributed by atoms with E-state index in [4.69, 9.17) is 4.99 Å². The van der Waals surface area contributed by atoms with Crippen LogP contribution in [0.2, 0.25) is 0 Å². The second-order valence-corrected chi connectivity index (χ2v) is 5.36. The van der Waals surface area contributed by atoms with Crippen LogP contribution in [0.1, 0.15) is 18.1 Å². The lowest BCUT2D eigenvalue weighted by Gasteiger charge is -2.09. The summed E-state index contributed by atoms with van der Waals surface area (Å²) in [6, 6.07) is 21.1. The van der Waals surface area contributed by atoms with Crippen LogP contribution in [0.3, 0.4) is 0 Å². The highest BCUT2D eigenvalue weighted by Crippen LogP contribution is 2.25. The van der Waals surface area contributed by atoms with Crippen molar-refractivity contribution in [3.8, 4) is 0 Å². The van der Waals surface area contributed by atoms with Gasteiger partial charge in [-0.1, -0.05) is 67.6 Å². The van der Waals surface area contributed by atoms with Gasteiger partial charge in [0.1, 0.15) is 0 Å². The largest absolute Gasteiger partial charge is 0.288 e. The number of hydrogen-bond acceptors (Lipinski definition) is 1. The molecular formula is C19H19N. The van der Waals surface area contributed by atoms with Crippen molar-refractivity contribution in [2.75, 3.05) is 6.54 Å². The van der Waals surface area contributed by atoms with Gasteiger partial charge in [-0.05, 0) is 22.8 Å². The number of rotatable bonds is 3. The number of aliphatic imine (C=N–C) groups is 1. The summed E-state index contributed by atoms with van der Waals surface area (Å²) in [5, 5.41) is 0. The zero-order chi connectivity index (χ0) is 13.8. The lowest BCUT2D eigenvalue weighted by Crippen LogP contribution is -2.07. The van der Waals surface area contributed by atoms with E-state index in [0.29, 0.717) is 5.92 Å². The standard InChI is InChI=1S/C19H19N/c1-15-14-20-19(13-17-10-6-3-7-11-17)18(15)12-16-8-4-2-5-9-16/h2-12,15H,13-14H2,1H3/b18-12+. The summed E-state index contributed by atoms with van der Waals surface area (Å²) in [5.74, 6) is 0.522. The van der Waals surface area contributed by atoms with E-state index >= 15 is 0 Å². The molecule has 0 N–H and O–H groups in total. The molecule has 0 bridgehead atoms. The molecule has 0 radical (unpaired) electrons. The predicted molar refractivity (Wildman–Crippen MR) is 86.0 cm³/mol. The normalized spacial score (nSPS) is 20.1. The van der Waals surface area contributed by atoms with Crippen molar-refractivity contribution in [1.82, 2.24) is 0 Å². The molecule has 1 atom stereocenters. The first kappa shape index (κ1) is 12.9. The Labute approximate surface area is 120 Å². The molecule has 1 aliphatic rings. The molecule has 1 nitrogen and oxygen atoms in total. The maximum Gasteiger partial charge on any atom is 0.0459 e. The lowest BCUT2D eigenvalue weighted by atomic mass is 9.94. The molecule has 0 saturated carbocycles. The molecule has 3 rings (SSSR count). The van der Waals surface area contributed by atoms with Gasteiger partial charge in [0.2, 0.25) is 0 Å². The quantitative estimate of drug-likeness (QED) is 0.776. The van der Waals surface area contributed by atoms with Crippen molar-refractivity contribution in [2.45, 2.75) is 13.3 Å². The Kier molecular flexibility index (Phi) is 3.78. The van der Waals surface area contributed by atoms with Crippen LogP contribution >= 0.6 is 0 Å². The molecule has 2 aromatic carbocycles. The highest BCUT2D eigenvalue weighted by Gasteiger charge is 2.21. The van der Waals surface area contributed by atoms with E-state index in [1.807, 2.05) is 0 Å². The molecule has 100 valence electrons. The number of nitrogens with zero attached hydrogens (tertiary/aromatic N) is 1. The Morgan fingerprint density at radius 3 is 2.35 bits per heavy atom. The molecule has 0 amide bonds. The molecule has 1 heterocycles. The van der Waals surface area contributed by atoms with Crippen molar-refractivity contribution in [3.05, 3.63) is 77.4 Å². The third kappa shape index (κ3) is 2.88. The minimum atomic E-state index is 0.522. The SMILES string of the molecule is CC1CN=C(Cc2ccccc2)/C1=C/c1ccccc1. The fourth-order valence-electron chi connectivity index (χ4n) is 2.62. The van der Waals surface area contributed by atoms with Crippen molar-refractivity contribution in [1.29, 1.82) is 0 Å². The van der Waals surface area contributed by atoms with Crippen LogP contribution in [0.4, 0.5) is 0 Å². The van der Waals surface area contributed by atoms with Crippen LogP contribution in [0.25, 0.3) is 6.08 Å². The molecule has 0 aromatic heterocycles. The molecule has 0 spiro atoms. The van der Waals surface area contributed by atoms with Crippen molar-refractivity contribution in [2.24, 2.45) is 10.9 Å². The maximum absolute atomic E-state index is 4.74. The van der Waals surface area contributed by atoms with Crippen LogP contribution in [-0.2, 0) is 6.42 Å². The van der Waals surface area contributed by atoms with E-state index in [1.165, 1.54) is 22.4 Å². The molecular weight excluding hydrogens is 242 g/mol. The highest BCUT2D eigenvalue weighted by atomic mass is 14.8. The van der Waals surface area contributed by atoms with E-state index in [0.717, 1.165) is 13.0 Å². The zero-order valence-electron chi connectivity index (χ0n) is 11.8. The molecule has 1 heteroatoms. The Balaban J connectivity index is 1.86. The maximum atomic E-state index is 4.74. The molecule has 1 unspecified atom stereocenters. The average molecular weight is 261 g/mol. The van der Waals surface area contributed by atoms with Crippen LogP contribution in [0, 0.1) is 5.92 Å². The third-order valence-electron chi connectivity index (χ3n) is 3.76. The molecule has 0 aliphatic carbocycles. The van der Waals surface area contributed by atoms with Gasteiger partial charge >= 0.3 is 0 Å². The summed E-state index contributed by atoms with van der Waals surface area (Å²) in [6.07, 6.45) is 3.23. The van der Waals surface area contributed by atoms with E-state index in [-0.39, 0.29) is 0 Å². The van der Waals surface area contributed by atoms with Crippen LogP contribution in [0.15, 0.2) is 71.2 Å². The van der Waals surface area contributed by atoms with Crippen LogP contribution in [-0.4, -0.2) is 12.3 Å². The second kappa shape index (κ2) is 5.87. The van der Waals surface area contributed by atoms with Crippen molar-refractivity contribution < 1.29 is 0 Å². The van der Waals surface area contributed by atoms with Crippen LogP contribution < -0.4 is 0 Å². The monoisotopic (exact) mass is 261 g/mol. The van der Waals surface area contributed by atoms with Gasteiger partial charge in [0, 0.05) is 24.6 Å². The summed E-state index contributed by atoms with van der Waals surface area (Å²) in [7, 11) is 0. The van der Waals surface area contributed by atoms with Gasteiger partial charge in [0.15, 0.2) is 0 Å². The van der Waals surface area contributed by atoms with E-state index in [2.05, 4.69) is 73.7 Å². The summed E-state index contributed by atoms with van der Waals surface area (Å²) < 4.78 is 0. The van der Waals surface area contributed by atoms with Crippen LogP contribution in [0.5, 0.6) is 0 Å². The van der Waals surface area contributed by atoms with Crippen molar-refractivity contribution >= 4 is 11.8 Å². The second-order valence-electron chi connectivity index (χ2n) is 5.36. The first-order valence-electron chi connectivity index (χ1n) is 7.17. The Bertz CT molecular complexity index is 623. The van der Waals surface area contributed by atoms with Gasteiger partial charge in [0.25, 0.3) is 0 Å². The Morgan fingerprint density at radius 2 is 1.65 bits per heavy atom. The minimum absolute atomic E-state index is 0.522. The fourth-order valence-corrected chi connectivity index (χ4v) is 2.62. The number of hydrogen-bond donors (Lipinski definition) is 0. The Morgan fingerprint density at radius 1 is 1.00 bits per heavy atom. The molecule has 0 fully saturated rings. The first-order valence-corrected chi connectivity index (χ1v) is 7.17. The van der Waals surface area contributed by atoms with E-state index in [1.54, 1.807) is 0 Å². The van der Waals surface area contributed by atoms with E-state index < -0.39 is 0 Å². The van der Waals surface area contributed by atoms with Gasteiger partial charge in [-0.3, -0.25) is 4.99 Å². The summed E-state index contributed by atoms with van der Waals surface area (Å²) >= 11 is 0. The molecule has 1 aliphatic heterocycles. The Hall–Kier alpha value is -2.15. The third-order valence-corrected chi connectivity index (χ3v) is 3.76. The summed E-state index contributed by atoms with van der Waals surface area (Å²) in [6.45, 7) is 3.18. The summed E-state index contributed by atoms with van der Waals surface area (Å²) in [5.41, 5.74) is 5.23. The van der Waals surface area contributed by atoms with Gasteiger partial charge in [0.05, 0.1) is 0 Å². The molecule has 0 saturated heterocycles. The zero-order valence-corrected chi connectivity index (χ0v) is 11.8. The van der Waals surface area contributed by atoms with E-state index in [9.17, 15) is 0 Å². The smallest absolute Gasteiger partial charge is 0.0459 e. The molecule has 20 heavy (non-hydrogen) atoms. The number of benzene rings is 2. The predicted octanol–water partition coefficient (Wildman–Crippen LogP) is 4.40.